The van der Waals surface area contributed by atoms with Crippen LogP contribution in [0.4, 0.5) is 5.69 Å². The van der Waals surface area contributed by atoms with Crippen LogP contribution in [0.1, 0.15) is 30.3 Å². The van der Waals surface area contributed by atoms with Gasteiger partial charge in [0, 0.05) is 22.4 Å². The topological polar surface area (TPSA) is 56.0 Å². The highest BCUT2D eigenvalue weighted by molar-refractivity contribution is 9.09. The maximum atomic E-state index is 11.2. The van der Waals surface area contributed by atoms with E-state index in [0.717, 1.165) is 20.8 Å². The molecule has 0 aliphatic carbocycles. The molecule has 0 spiro atoms. The van der Waals surface area contributed by atoms with Gasteiger partial charge >= 0.3 is 0 Å². The Hall–Kier alpha value is -1.01. The molecule has 1 heterocycles. The quantitative estimate of drug-likeness (QED) is 0.476. The zero-order valence-electron chi connectivity index (χ0n) is 10.3. The van der Waals surface area contributed by atoms with Crippen molar-refractivity contribution in [3.8, 4) is 0 Å². The number of fused-ring (bicyclic) bond motifs is 1. The number of aromatic nitrogens is 1. The van der Waals surface area contributed by atoms with E-state index in [1.54, 1.807) is 6.07 Å². The Morgan fingerprint density at radius 2 is 2.11 bits per heavy atom. The number of halogens is 1. The smallest absolute Gasteiger partial charge is 0.258 e. The Morgan fingerprint density at radius 1 is 1.44 bits per heavy atom. The average Bonchev–Trinajstić information content (AvgIpc) is 2.65. The molecule has 0 saturated carbocycles. The van der Waals surface area contributed by atoms with Crippen LogP contribution in [0, 0.1) is 17.0 Å². The Balaban J connectivity index is 2.68. The lowest BCUT2D eigenvalue weighted by molar-refractivity contribution is -0.385. The predicted octanol–water partition coefficient (Wildman–Crippen LogP) is 4.40. The number of aryl methyl sites for hydroxylation is 1. The van der Waals surface area contributed by atoms with Gasteiger partial charge in [0.2, 0.25) is 0 Å². The first-order chi connectivity index (χ1) is 8.40. The van der Waals surface area contributed by atoms with Crippen molar-refractivity contribution in [1.82, 2.24) is 4.98 Å². The fourth-order valence-corrected chi connectivity index (χ4v) is 2.99. The summed E-state index contributed by atoms with van der Waals surface area (Å²) >= 11 is 4.97. The summed E-state index contributed by atoms with van der Waals surface area (Å²) in [5, 5.41) is 12.1. The van der Waals surface area contributed by atoms with Crippen molar-refractivity contribution in [2.24, 2.45) is 0 Å². The van der Waals surface area contributed by atoms with Gasteiger partial charge in [-0.05, 0) is 13.0 Å². The van der Waals surface area contributed by atoms with Crippen LogP contribution in [0.25, 0.3) is 10.2 Å². The van der Waals surface area contributed by atoms with Crippen LogP contribution < -0.4 is 0 Å². The number of hydrogen-bond donors (Lipinski definition) is 0. The second kappa shape index (κ2) is 4.93. The van der Waals surface area contributed by atoms with Crippen molar-refractivity contribution in [2.75, 3.05) is 0 Å². The first-order valence-corrected chi connectivity index (χ1v) is 7.33. The normalized spacial score (nSPS) is 14.7. The lowest BCUT2D eigenvalue weighted by atomic mass is 9.96. The highest BCUT2D eigenvalue weighted by Crippen LogP contribution is 2.36. The summed E-state index contributed by atoms with van der Waals surface area (Å²) in [6.45, 7) is 5.88. The molecule has 1 aromatic carbocycles. The van der Waals surface area contributed by atoms with Gasteiger partial charge in [-0.2, -0.15) is 0 Å². The summed E-state index contributed by atoms with van der Waals surface area (Å²) in [5.41, 5.74) is 1.77. The molecule has 0 aliphatic heterocycles. The minimum absolute atomic E-state index is 0.0665. The molecule has 1 aromatic heterocycles. The molecule has 18 heavy (non-hydrogen) atoms. The van der Waals surface area contributed by atoms with E-state index in [9.17, 15) is 10.1 Å². The number of alkyl halides is 1. The van der Waals surface area contributed by atoms with Gasteiger partial charge in [0.05, 0.1) is 20.1 Å². The van der Waals surface area contributed by atoms with E-state index >= 15 is 0 Å². The molecule has 0 fully saturated rings. The molecule has 6 heteroatoms. The molecule has 0 N–H and O–H groups in total. The Morgan fingerprint density at radius 3 is 2.67 bits per heavy atom. The standard InChI is InChI=1S/C12H13BrN2O2S/c1-6(7(2)13)9-4-10-12(18-8(3)14-10)5-11(9)15(16)17/h4-7H,1-3H3. The third-order valence-electron chi connectivity index (χ3n) is 3.02. The lowest BCUT2D eigenvalue weighted by Crippen LogP contribution is -2.07. The molecule has 0 aliphatic rings. The van der Waals surface area contributed by atoms with Gasteiger partial charge in [0.1, 0.15) is 0 Å². The molecular formula is C12H13BrN2O2S. The van der Waals surface area contributed by atoms with Gasteiger partial charge in [-0.25, -0.2) is 4.98 Å². The molecule has 2 aromatic rings. The van der Waals surface area contributed by atoms with Crippen LogP contribution in [0.5, 0.6) is 0 Å². The molecule has 0 bridgehead atoms. The third kappa shape index (κ3) is 2.40. The molecule has 0 radical (unpaired) electrons. The summed E-state index contributed by atoms with van der Waals surface area (Å²) in [5.74, 6) is 0.0665. The van der Waals surface area contributed by atoms with Crippen molar-refractivity contribution in [3.63, 3.8) is 0 Å². The van der Waals surface area contributed by atoms with Gasteiger partial charge < -0.3 is 0 Å². The monoisotopic (exact) mass is 328 g/mol. The van der Waals surface area contributed by atoms with Crippen molar-refractivity contribution in [2.45, 2.75) is 31.5 Å². The highest BCUT2D eigenvalue weighted by atomic mass is 79.9. The lowest BCUT2D eigenvalue weighted by Gasteiger charge is -2.14. The molecule has 2 unspecified atom stereocenters. The Labute approximate surface area is 117 Å². The van der Waals surface area contributed by atoms with E-state index in [1.807, 2.05) is 26.8 Å². The summed E-state index contributed by atoms with van der Waals surface area (Å²) in [7, 11) is 0. The van der Waals surface area contributed by atoms with Gasteiger partial charge in [-0.3, -0.25) is 10.1 Å². The van der Waals surface area contributed by atoms with Crippen LogP contribution in [0.2, 0.25) is 0 Å². The summed E-state index contributed by atoms with van der Waals surface area (Å²) in [6, 6.07) is 3.49. The minimum Gasteiger partial charge on any atom is -0.258 e. The maximum absolute atomic E-state index is 11.2. The highest BCUT2D eigenvalue weighted by Gasteiger charge is 2.23. The van der Waals surface area contributed by atoms with Gasteiger partial charge in [0.15, 0.2) is 0 Å². The molecule has 4 nitrogen and oxygen atoms in total. The fourth-order valence-electron chi connectivity index (χ4n) is 1.86. The van der Waals surface area contributed by atoms with Crippen molar-refractivity contribution in [3.05, 3.63) is 32.8 Å². The predicted molar refractivity (Wildman–Crippen MR) is 77.8 cm³/mol. The van der Waals surface area contributed by atoms with E-state index in [0.29, 0.717) is 0 Å². The van der Waals surface area contributed by atoms with Gasteiger partial charge in [-0.1, -0.05) is 29.8 Å². The number of nitro benzene ring substituents is 1. The number of benzene rings is 1. The Kier molecular flexibility index (Phi) is 3.68. The molecule has 2 atom stereocenters. The zero-order valence-corrected chi connectivity index (χ0v) is 12.7. The summed E-state index contributed by atoms with van der Waals surface area (Å²) in [4.78, 5) is 15.4. The van der Waals surface area contributed by atoms with Crippen molar-refractivity contribution < 1.29 is 4.92 Å². The molecular weight excluding hydrogens is 316 g/mol. The van der Waals surface area contributed by atoms with Crippen LogP contribution in [0.15, 0.2) is 12.1 Å². The van der Waals surface area contributed by atoms with Crippen LogP contribution in [0.3, 0.4) is 0 Å². The van der Waals surface area contributed by atoms with E-state index in [2.05, 4.69) is 20.9 Å². The zero-order chi connectivity index (χ0) is 13.4. The Bertz CT molecular complexity index is 609. The summed E-state index contributed by atoms with van der Waals surface area (Å²) < 4.78 is 0.873. The molecule has 0 saturated heterocycles. The maximum Gasteiger partial charge on any atom is 0.274 e. The minimum atomic E-state index is -0.310. The van der Waals surface area contributed by atoms with Crippen LogP contribution in [-0.2, 0) is 0 Å². The molecule has 96 valence electrons. The number of thiazole rings is 1. The molecule has 2 rings (SSSR count). The van der Waals surface area contributed by atoms with Crippen molar-refractivity contribution in [1.29, 1.82) is 0 Å². The molecule has 0 amide bonds. The van der Waals surface area contributed by atoms with Crippen LogP contribution >= 0.6 is 27.3 Å². The number of nitro groups is 1. The van der Waals surface area contributed by atoms with E-state index in [-0.39, 0.29) is 21.4 Å². The number of rotatable bonds is 3. The fraction of sp³-hybridized carbons (Fsp3) is 0.417. The third-order valence-corrected chi connectivity index (χ3v) is 4.75. The van der Waals surface area contributed by atoms with E-state index in [1.165, 1.54) is 11.3 Å². The van der Waals surface area contributed by atoms with E-state index < -0.39 is 0 Å². The average molecular weight is 329 g/mol. The van der Waals surface area contributed by atoms with Gasteiger partial charge in [0.25, 0.3) is 5.69 Å². The van der Waals surface area contributed by atoms with Gasteiger partial charge in [-0.15, -0.1) is 11.3 Å². The first-order valence-electron chi connectivity index (χ1n) is 5.59. The SMILES string of the molecule is Cc1nc2cc(C(C)C(C)Br)c([N+](=O)[O-])cc2s1. The first kappa shape index (κ1) is 13.4. The van der Waals surface area contributed by atoms with Crippen LogP contribution in [-0.4, -0.2) is 14.7 Å². The summed E-state index contributed by atoms with van der Waals surface area (Å²) in [6.07, 6.45) is 0. The largest absolute Gasteiger partial charge is 0.274 e. The second-order valence-corrected chi connectivity index (χ2v) is 7.01. The second-order valence-electron chi connectivity index (χ2n) is 4.33. The number of nitrogens with zero attached hydrogens (tertiary/aromatic N) is 2. The van der Waals surface area contributed by atoms with Crippen molar-refractivity contribution >= 4 is 43.2 Å². The number of hydrogen-bond acceptors (Lipinski definition) is 4. The van der Waals surface area contributed by atoms with E-state index in [4.69, 9.17) is 0 Å².